The van der Waals surface area contributed by atoms with Gasteiger partial charge in [-0.05, 0) is 37.3 Å². The third kappa shape index (κ3) is 3.64. The van der Waals surface area contributed by atoms with Crippen molar-refractivity contribution in [1.82, 2.24) is 4.98 Å². The summed E-state index contributed by atoms with van der Waals surface area (Å²) in [4.78, 5) is 4.89. The van der Waals surface area contributed by atoms with Gasteiger partial charge in [-0.15, -0.1) is 0 Å². The molecule has 0 fully saturated rings. The van der Waals surface area contributed by atoms with Gasteiger partial charge in [0.25, 0.3) is 0 Å². The van der Waals surface area contributed by atoms with Gasteiger partial charge in [-0.1, -0.05) is 19.1 Å². The Labute approximate surface area is 119 Å². The van der Waals surface area contributed by atoms with Crippen molar-refractivity contribution in [1.29, 1.82) is 0 Å². The summed E-state index contributed by atoms with van der Waals surface area (Å²) in [7, 11) is 0. The Hall–Kier alpha value is -1.20. The standard InChI is InChI=1S/C14H20N2O2S/c1-2-6-17-7-8-18-14-11(13(15)19)9-10-4-3-5-12(10)16-14/h9H,2-8H2,1H3,(H2,15,19). The zero-order chi connectivity index (χ0) is 13.7. The molecule has 2 rings (SSSR count). The van der Waals surface area contributed by atoms with Crippen LogP contribution in [0.15, 0.2) is 6.07 Å². The average Bonchev–Trinajstić information content (AvgIpc) is 2.84. The van der Waals surface area contributed by atoms with E-state index >= 15 is 0 Å². The number of nitrogens with zero attached hydrogens (tertiary/aromatic N) is 1. The van der Waals surface area contributed by atoms with Crippen LogP contribution in [0.4, 0.5) is 0 Å². The number of nitrogens with two attached hydrogens (primary N) is 1. The Bertz CT molecular complexity index is 463. The molecule has 1 heterocycles. The van der Waals surface area contributed by atoms with Crippen molar-refractivity contribution in [2.45, 2.75) is 32.6 Å². The lowest BCUT2D eigenvalue weighted by Gasteiger charge is -2.12. The van der Waals surface area contributed by atoms with E-state index in [2.05, 4.69) is 11.9 Å². The van der Waals surface area contributed by atoms with E-state index in [1.54, 1.807) is 0 Å². The Kier molecular flexibility index (Phi) is 5.10. The summed E-state index contributed by atoms with van der Waals surface area (Å²) < 4.78 is 11.0. The molecule has 4 nitrogen and oxygen atoms in total. The van der Waals surface area contributed by atoms with Gasteiger partial charge in [0.1, 0.15) is 11.6 Å². The molecule has 1 aliphatic rings. The monoisotopic (exact) mass is 280 g/mol. The number of aryl methyl sites for hydroxylation is 2. The number of rotatable bonds is 7. The van der Waals surface area contributed by atoms with Crippen molar-refractivity contribution in [2.75, 3.05) is 19.8 Å². The van der Waals surface area contributed by atoms with Crippen molar-refractivity contribution in [2.24, 2.45) is 5.73 Å². The van der Waals surface area contributed by atoms with E-state index in [9.17, 15) is 0 Å². The van der Waals surface area contributed by atoms with E-state index in [0.29, 0.717) is 24.1 Å². The second-order valence-corrected chi connectivity index (χ2v) is 5.07. The lowest BCUT2D eigenvalue weighted by Crippen LogP contribution is -2.16. The predicted molar refractivity (Wildman–Crippen MR) is 78.8 cm³/mol. The summed E-state index contributed by atoms with van der Waals surface area (Å²) in [5.74, 6) is 0.549. The molecule has 0 bridgehead atoms. The smallest absolute Gasteiger partial charge is 0.224 e. The zero-order valence-electron chi connectivity index (χ0n) is 11.3. The number of hydrogen-bond donors (Lipinski definition) is 1. The maximum absolute atomic E-state index is 5.74. The first-order valence-corrected chi connectivity index (χ1v) is 7.16. The number of fused-ring (bicyclic) bond motifs is 1. The van der Waals surface area contributed by atoms with Gasteiger partial charge in [-0.2, -0.15) is 0 Å². The van der Waals surface area contributed by atoms with Gasteiger partial charge in [0.2, 0.25) is 5.88 Å². The fourth-order valence-corrected chi connectivity index (χ4v) is 2.33. The maximum atomic E-state index is 5.74. The summed E-state index contributed by atoms with van der Waals surface area (Å²) in [5, 5.41) is 0. The fraction of sp³-hybridized carbons (Fsp3) is 0.571. The summed E-state index contributed by atoms with van der Waals surface area (Å²) in [6, 6.07) is 2.03. The third-order valence-electron chi connectivity index (χ3n) is 3.10. The lowest BCUT2D eigenvalue weighted by molar-refractivity contribution is 0.0989. The van der Waals surface area contributed by atoms with E-state index < -0.39 is 0 Å². The third-order valence-corrected chi connectivity index (χ3v) is 3.32. The summed E-state index contributed by atoms with van der Waals surface area (Å²) in [6.07, 6.45) is 4.21. The molecule has 0 unspecified atom stereocenters. The number of aromatic nitrogens is 1. The van der Waals surface area contributed by atoms with Crippen molar-refractivity contribution < 1.29 is 9.47 Å². The van der Waals surface area contributed by atoms with Crippen LogP contribution < -0.4 is 10.5 Å². The van der Waals surface area contributed by atoms with Crippen LogP contribution in [0.25, 0.3) is 0 Å². The minimum Gasteiger partial charge on any atom is -0.475 e. The van der Waals surface area contributed by atoms with Gasteiger partial charge in [0.05, 0.1) is 12.2 Å². The van der Waals surface area contributed by atoms with Crippen LogP contribution in [0, 0.1) is 0 Å². The van der Waals surface area contributed by atoms with Gasteiger partial charge in [0, 0.05) is 12.3 Å². The highest BCUT2D eigenvalue weighted by molar-refractivity contribution is 7.80. The largest absolute Gasteiger partial charge is 0.475 e. The van der Waals surface area contributed by atoms with Gasteiger partial charge < -0.3 is 15.2 Å². The van der Waals surface area contributed by atoms with Crippen LogP contribution in [-0.2, 0) is 17.6 Å². The number of pyridine rings is 1. The Morgan fingerprint density at radius 2 is 2.21 bits per heavy atom. The Morgan fingerprint density at radius 3 is 2.95 bits per heavy atom. The van der Waals surface area contributed by atoms with E-state index in [0.717, 1.165) is 43.5 Å². The van der Waals surface area contributed by atoms with Gasteiger partial charge >= 0.3 is 0 Å². The highest BCUT2D eigenvalue weighted by Gasteiger charge is 2.18. The molecule has 0 spiro atoms. The average molecular weight is 280 g/mol. The minimum absolute atomic E-state index is 0.340. The molecule has 19 heavy (non-hydrogen) atoms. The first-order chi connectivity index (χ1) is 9.22. The molecule has 0 radical (unpaired) electrons. The molecule has 0 amide bonds. The Balaban J connectivity index is 2.03. The molecular formula is C14H20N2O2S. The van der Waals surface area contributed by atoms with Crippen molar-refractivity contribution in [3.05, 3.63) is 22.9 Å². The molecule has 0 aromatic carbocycles. The number of hydrogen-bond acceptors (Lipinski definition) is 4. The molecule has 5 heteroatoms. The van der Waals surface area contributed by atoms with Gasteiger partial charge in [0.15, 0.2) is 0 Å². The van der Waals surface area contributed by atoms with E-state index in [4.69, 9.17) is 27.4 Å². The quantitative estimate of drug-likeness (QED) is 0.611. The van der Waals surface area contributed by atoms with E-state index in [1.807, 2.05) is 6.07 Å². The predicted octanol–water partition coefficient (Wildman–Crippen LogP) is 2.01. The summed E-state index contributed by atoms with van der Waals surface area (Å²) >= 11 is 5.07. The molecule has 0 atom stereocenters. The molecule has 0 aliphatic heterocycles. The zero-order valence-corrected chi connectivity index (χ0v) is 12.1. The number of ether oxygens (including phenoxy) is 2. The molecule has 0 saturated carbocycles. The van der Waals surface area contributed by atoms with Gasteiger partial charge in [-0.3, -0.25) is 0 Å². The van der Waals surface area contributed by atoms with E-state index in [-0.39, 0.29) is 0 Å². The van der Waals surface area contributed by atoms with Crippen molar-refractivity contribution in [3.8, 4) is 5.88 Å². The highest BCUT2D eigenvalue weighted by atomic mass is 32.1. The molecule has 1 aromatic heterocycles. The molecule has 2 N–H and O–H groups in total. The van der Waals surface area contributed by atoms with Crippen LogP contribution in [0.3, 0.4) is 0 Å². The van der Waals surface area contributed by atoms with Crippen LogP contribution in [0.5, 0.6) is 5.88 Å². The van der Waals surface area contributed by atoms with Crippen LogP contribution >= 0.6 is 12.2 Å². The molecule has 1 aliphatic carbocycles. The molecule has 0 saturated heterocycles. The fourth-order valence-electron chi connectivity index (χ4n) is 2.18. The molecular weight excluding hydrogens is 260 g/mol. The minimum atomic E-state index is 0.340. The van der Waals surface area contributed by atoms with Gasteiger partial charge in [-0.25, -0.2) is 4.98 Å². The highest BCUT2D eigenvalue weighted by Crippen LogP contribution is 2.26. The van der Waals surface area contributed by atoms with Crippen LogP contribution in [0.2, 0.25) is 0 Å². The lowest BCUT2D eigenvalue weighted by atomic mass is 10.1. The number of thiocarbonyl (C=S) groups is 1. The normalized spacial score (nSPS) is 13.3. The van der Waals surface area contributed by atoms with Crippen molar-refractivity contribution in [3.63, 3.8) is 0 Å². The van der Waals surface area contributed by atoms with Crippen molar-refractivity contribution >= 4 is 17.2 Å². The first kappa shape index (κ1) is 14.2. The maximum Gasteiger partial charge on any atom is 0.224 e. The Morgan fingerprint density at radius 1 is 1.37 bits per heavy atom. The molecule has 1 aromatic rings. The van der Waals surface area contributed by atoms with E-state index in [1.165, 1.54) is 5.56 Å². The first-order valence-electron chi connectivity index (χ1n) is 6.75. The second kappa shape index (κ2) is 6.82. The SMILES string of the molecule is CCCOCCOc1nc2c(cc1C(N)=S)CCC2. The summed E-state index contributed by atoms with van der Waals surface area (Å²) in [5.41, 5.74) is 8.85. The second-order valence-electron chi connectivity index (χ2n) is 4.63. The summed E-state index contributed by atoms with van der Waals surface area (Å²) in [6.45, 7) is 3.86. The topological polar surface area (TPSA) is 57.4 Å². The van der Waals surface area contributed by atoms with Crippen LogP contribution in [0.1, 0.15) is 36.6 Å². The molecule has 104 valence electrons. The van der Waals surface area contributed by atoms with Crippen LogP contribution in [-0.4, -0.2) is 29.8 Å².